The SMILES string of the molecule is CC.CC.CCCc1cc(C)cc(CCc2ccccc2)c1.CCc1ccccc1. The Bertz CT molecular complexity index is 742. The Hall–Kier alpha value is -2.34. The van der Waals surface area contributed by atoms with Crippen molar-refractivity contribution in [1.29, 1.82) is 0 Å². The highest BCUT2D eigenvalue weighted by Gasteiger charge is 2.00. The van der Waals surface area contributed by atoms with E-state index in [0.717, 1.165) is 19.3 Å². The van der Waals surface area contributed by atoms with Crippen molar-refractivity contribution in [3.63, 3.8) is 0 Å². The van der Waals surface area contributed by atoms with Crippen LogP contribution in [-0.2, 0) is 25.7 Å². The summed E-state index contributed by atoms with van der Waals surface area (Å²) in [6, 6.07) is 28.2. The maximum atomic E-state index is 2.37. The van der Waals surface area contributed by atoms with Gasteiger partial charge in [0.05, 0.1) is 0 Å². The second-order valence-corrected chi connectivity index (χ2v) is 6.90. The van der Waals surface area contributed by atoms with Crippen LogP contribution in [0.5, 0.6) is 0 Å². The van der Waals surface area contributed by atoms with Crippen LogP contribution in [0.2, 0.25) is 0 Å². The highest BCUT2D eigenvalue weighted by atomic mass is 14.1. The van der Waals surface area contributed by atoms with Crippen LogP contribution in [0.4, 0.5) is 0 Å². The third-order valence-electron chi connectivity index (χ3n) is 4.53. The second kappa shape index (κ2) is 18.7. The molecule has 0 aliphatic rings. The Morgan fingerprint density at radius 1 is 0.500 bits per heavy atom. The highest BCUT2D eigenvalue weighted by molar-refractivity contribution is 5.30. The Kier molecular flexibility index (Phi) is 17.2. The maximum absolute atomic E-state index is 2.37. The number of aryl methyl sites for hydroxylation is 5. The van der Waals surface area contributed by atoms with Crippen LogP contribution in [0.15, 0.2) is 78.9 Å². The summed E-state index contributed by atoms with van der Waals surface area (Å²) in [6.07, 6.45) is 5.83. The molecule has 0 spiro atoms. The van der Waals surface area contributed by atoms with Crippen molar-refractivity contribution in [1.82, 2.24) is 0 Å². The van der Waals surface area contributed by atoms with Crippen LogP contribution in [-0.4, -0.2) is 0 Å². The van der Waals surface area contributed by atoms with Crippen LogP contribution in [0.1, 0.15) is 75.8 Å². The fourth-order valence-corrected chi connectivity index (χ4v) is 3.17. The summed E-state index contributed by atoms with van der Waals surface area (Å²) in [5.74, 6) is 0. The molecule has 0 aliphatic carbocycles. The largest absolute Gasteiger partial charge is 0.0683 e. The molecule has 0 heterocycles. The van der Waals surface area contributed by atoms with Crippen LogP contribution in [0.25, 0.3) is 0 Å². The molecule has 0 amide bonds. The Morgan fingerprint density at radius 3 is 1.37 bits per heavy atom. The van der Waals surface area contributed by atoms with Gasteiger partial charge in [-0.2, -0.15) is 0 Å². The van der Waals surface area contributed by atoms with Crippen LogP contribution in [0, 0.1) is 6.92 Å². The number of benzene rings is 3. The van der Waals surface area contributed by atoms with Crippen LogP contribution in [0.3, 0.4) is 0 Å². The molecule has 0 bridgehead atoms. The molecule has 0 radical (unpaired) electrons. The summed E-state index contributed by atoms with van der Waals surface area (Å²) in [4.78, 5) is 0. The van der Waals surface area contributed by atoms with E-state index in [9.17, 15) is 0 Å². The van der Waals surface area contributed by atoms with E-state index in [1.54, 1.807) is 0 Å². The van der Waals surface area contributed by atoms with E-state index in [-0.39, 0.29) is 0 Å². The summed E-state index contributed by atoms with van der Waals surface area (Å²) in [6.45, 7) is 14.6. The molecule has 0 aromatic heterocycles. The van der Waals surface area contributed by atoms with Gasteiger partial charge in [0, 0.05) is 0 Å². The first-order chi connectivity index (χ1) is 14.7. The second-order valence-electron chi connectivity index (χ2n) is 6.90. The fourth-order valence-electron chi connectivity index (χ4n) is 3.17. The van der Waals surface area contributed by atoms with Crippen LogP contribution >= 0.6 is 0 Å². The molecule has 0 unspecified atom stereocenters. The molecule has 3 aromatic rings. The summed E-state index contributed by atoms with van der Waals surface area (Å²) in [5, 5.41) is 0. The van der Waals surface area contributed by atoms with Gasteiger partial charge < -0.3 is 0 Å². The van der Waals surface area contributed by atoms with E-state index < -0.39 is 0 Å². The number of hydrogen-bond donors (Lipinski definition) is 0. The lowest BCUT2D eigenvalue weighted by atomic mass is 9.98. The van der Waals surface area contributed by atoms with E-state index in [1.165, 1.54) is 40.7 Å². The quantitative estimate of drug-likeness (QED) is 0.384. The van der Waals surface area contributed by atoms with Gasteiger partial charge in [0.2, 0.25) is 0 Å². The van der Waals surface area contributed by atoms with Gasteiger partial charge in [-0.15, -0.1) is 0 Å². The van der Waals surface area contributed by atoms with E-state index in [1.807, 2.05) is 33.8 Å². The van der Waals surface area contributed by atoms with Crippen LogP contribution < -0.4 is 0 Å². The molecule has 0 heteroatoms. The standard InChI is InChI=1S/C18H22.C8H10.2C2H6/c1-3-7-17-12-15(2)13-18(14-17)11-10-16-8-5-4-6-9-16;1-2-8-6-4-3-5-7-8;2*1-2/h4-6,8-9,12-14H,3,7,10-11H2,1-2H3;3-7H,2H2,1H3;2*1-2H3. The molecule has 0 atom stereocenters. The topological polar surface area (TPSA) is 0 Å². The minimum Gasteiger partial charge on any atom is -0.0683 e. The first-order valence-corrected chi connectivity index (χ1v) is 11.9. The van der Waals surface area contributed by atoms with E-state index in [0.29, 0.717) is 0 Å². The van der Waals surface area contributed by atoms with E-state index in [4.69, 9.17) is 0 Å². The minimum absolute atomic E-state index is 1.13. The minimum atomic E-state index is 1.13. The third-order valence-corrected chi connectivity index (χ3v) is 4.53. The van der Waals surface area contributed by atoms with E-state index >= 15 is 0 Å². The van der Waals surface area contributed by atoms with Gasteiger partial charge in [-0.25, -0.2) is 0 Å². The number of hydrogen-bond acceptors (Lipinski definition) is 0. The van der Waals surface area contributed by atoms with Gasteiger partial charge in [0.15, 0.2) is 0 Å². The van der Waals surface area contributed by atoms with Gasteiger partial charge in [0.1, 0.15) is 0 Å². The molecule has 0 saturated heterocycles. The summed E-state index contributed by atoms with van der Waals surface area (Å²) >= 11 is 0. The van der Waals surface area contributed by atoms with E-state index in [2.05, 4.69) is 93.6 Å². The predicted octanol–water partition coefficient (Wildman–Crippen LogP) is 9.03. The molecule has 3 rings (SSSR count). The van der Waals surface area contributed by atoms with Gasteiger partial charge in [-0.05, 0) is 54.9 Å². The summed E-state index contributed by atoms with van der Waals surface area (Å²) < 4.78 is 0. The lowest BCUT2D eigenvalue weighted by molar-refractivity contribution is 0.904. The fraction of sp³-hybridized carbons (Fsp3) is 0.400. The average Bonchev–Trinajstić information content (AvgIpc) is 2.82. The average molecular weight is 405 g/mol. The normalized spacial score (nSPS) is 9.17. The first kappa shape index (κ1) is 27.7. The van der Waals surface area contributed by atoms with Gasteiger partial charge in [0.25, 0.3) is 0 Å². The molecule has 0 nitrogen and oxygen atoms in total. The van der Waals surface area contributed by atoms with Crippen molar-refractivity contribution in [2.75, 3.05) is 0 Å². The Balaban J connectivity index is 0.000000585. The maximum Gasteiger partial charge on any atom is -0.0238 e. The molecule has 0 aliphatic heterocycles. The molecule has 0 saturated carbocycles. The van der Waals surface area contributed by atoms with Crippen molar-refractivity contribution in [2.45, 2.75) is 80.6 Å². The van der Waals surface area contributed by atoms with Crippen molar-refractivity contribution in [2.24, 2.45) is 0 Å². The molecule has 164 valence electrons. The summed E-state index contributed by atoms with van der Waals surface area (Å²) in [5.41, 5.74) is 7.19. The Labute approximate surface area is 187 Å². The molecule has 30 heavy (non-hydrogen) atoms. The molecule has 3 aromatic carbocycles. The predicted molar refractivity (Wildman–Crippen MR) is 138 cm³/mol. The molecule has 0 N–H and O–H groups in total. The van der Waals surface area contributed by atoms with Crippen molar-refractivity contribution in [3.05, 3.63) is 107 Å². The zero-order valence-electron chi connectivity index (χ0n) is 20.5. The zero-order chi connectivity index (χ0) is 22.6. The monoisotopic (exact) mass is 404 g/mol. The van der Waals surface area contributed by atoms with Gasteiger partial charge >= 0.3 is 0 Å². The number of rotatable bonds is 6. The summed E-state index contributed by atoms with van der Waals surface area (Å²) in [7, 11) is 0. The molecular weight excluding hydrogens is 360 g/mol. The van der Waals surface area contributed by atoms with Crippen molar-refractivity contribution >= 4 is 0 Å². The van der Waals surface area contributed by atoms with Crippen molar-refractivity contribution in [3.8, 4) is 0 Å². The zero-order valence-corrected chi connectivity index (χ0v) is 20.5. The molecular formula is C30H44. The third kappa shape index (κ3) is 12.3. The lowest BCUT2D eigenvalue weighted by Crippen LogP contribution is -1.94. The lowest BCUT2D eigenvalue weighted by Gasteiger charge is -2.07. The first-order valence-electron chi connectivity index (χ1n) is 11.9. The smallest absolute Gasteiger partial charge is 0.0238 e. The van der Waals surface area contributed by atoms with Gasteiger partial charge in [-0.3, -0.25) is 0 Å². The van der Waals surface area contributed by atoms with Gasteiger partial charge in [-0.1, -0.05) is 132 Å². The highest BCUT2D eigenvalue weighted by Crippen LogP contribution is 2.14. The van der Waals surface area contributed by atoms with Crippen molar-refractivity contribution < 1.29 is 0 Å². The molecule has 0 fully saturated rings. The Morgan fingerprint density at radius 2 is 0.933 bits per heavy atom.